The summed E-state index contributed by atoms with van der Waals surface area (Å²) in [6, 6.07) is 8.23. The predicted octanol–water partition coefficient (Wildman–Crippen LogP) is 3.26. The summed E-state index contributed by atoms with van der Waals surface area (Å²) in [6.07, 6.45) is 3.60. The van der Waals surface area contributed by atoms with E-state index in [4.69, 9.17) is 10.7 Å². The van der Waals surface area contributed by atoms with Gasteiger partial charge in [-0.3, -0.25) is 0 Å². The van der Waals surface area contributed by atoms with Crippen molar-refractivity contribution in [2.24, 2.45) is 12.8 Å². The third-order valence-electron chi connectivity index (χ3n) is 3.76. The van der Waals surface area contributed by atoms with Gasteiger partial charge in [0.15, 0.2) is 0 Å². The molecule has 0 radical (unpaired) electrons. The van der Waals surface area contributed by atoms with Crippen molar-refractivity contribution in [1.82, 2.24) is 19.5 Å². The Kier molecular flexibility index (Phi) is 2.95. The van der Waals surface area contributed by atoms with E-state index < -0.39 is 0 Å². The SMILES string of the molecule is C[C@H](N)c1cccc(-c2nc3c(ncc4ncn(C)c43)s2)c1. The molecule has 0 aliphatic heterocycles. The zero-order valence-corrected chi connectivity index (χ0v) is 13.1. The summed E-state index contributed by atoms with van der Waals surface area (Å²) in [5.74, 6) is 0. The fourth-order valence-electron chi connectivity index (χ4n) is 2.58. The first kappa shape index (κ1) is 13.4. The molecule has 0 amide bonds. The molecule has 0 saturated heterocycles. The number of nitrogens with two attached hydrogens (primary N) is 1. The minimum atomic E-state index is 0.0104. The Hall–Kier alpha value is -2.31. The molecule has 3 aromatic heterocycles. The minimum Gasteiger partial charge on any atom is -0.332 e. The number of benzene rings is 1. The lowest BCUT2D eigenvalue weighted by Gasteiger charge is -2.06. The number of hydrogen-bond donors (Lipinski definition) is 1. The summed E-state index contributed by atoms with van der Waals surface area (Å²) in [6.45, 7) is 1.98. The Morgan fingerprint density at radius 1 is 1.27 bits per heavy atom. The molecule has 6 heteroatoms. The van der Waals surface area contributed by atoms with Crippen molar-refractivity contribution < 1.29 is 0 Å². The van der Waals surface area contributed by atoms with Gasteiger partial charge < -0.3 is 10.3 Å². The fraction of sp³-hybridized carbons (Fsp3) is 0.188. The quantitative estimate of drug-likeness (QED) is 0.617. The molecule has 0 bridgehead atoms. The summed E-state index contributed by atoms with van der Waals surface area (Å²) in [5.41, 5.74) is 11.0. The molecule has 22 heavy (non-hydrogen) atoms. The first-order chi connectivity index (χ1) is 10.6. The molecule has 1 atom stereocenters. The van der Waals surface area contributed by atoms with Crippen molar-refractivity contribution in [3.8, 4) is 10.6 Å². The third kappa shape index (κ3) is 2.00. The van der Waals surface area contributed by atoms with Gasteiger partial charge in [0.2, 0.25) is 0 Å². The van der Waals surface area contributed by atoms with Crippen LogP contribution in [0.4, 0.5) is 0 Å². The zero-order valence-electron chi connectivity index (χ0n) is 12.3. The maximum absolute atomic E-state index is 5.98. The van der Waals surface area contributed by atoms with E-state index in [2.05, 4.69) is 22.1 Å². The smallest absolute Gasteiger partial charge is 0.146 e. The molecule has 4 rings (SSSR count). The van der Waals surface area contributed by atoms with Gasteiger partial charge >= 0.3 is 0 Å². The standard InChI is InChI=1S/C16H15N5S/c1-9(17)10-4-3-5-11(6-10)15-20-13-14-12(19-8-21(14)2)7-18-16(13)22-15/h3-9H,17H2,1-2H3/t9-/m0/s1. The molecule has 2 N–H and O–H groups in total. The zero-order chi connectivity index (χ0) is 15.3. The molecule has 4 aromatic rings. The number of hydrogen-bond acceptors (Lipinski definition) is 5. The van der Waals surface area contributed by atoms with Crippen LogP contribution in [0.1, 0.15) is 18.5 Å². The number of thiazole rings is 1. The Morgan fingerprint density at radius 2 is 2.14 bits per heavy atom. The van der Waals surface area contributed by atoms with Gasteiger partial charge in [0, 0.05) is 18.7 Å². The van der Waals surface area contributed by atoms with Gasteiger partial charge in [-0.1, -0.05) is 29.5 Å². The van der Waals surface area contributed by atoms with E-state index in [1.165, 1.54) is 0 Å². The van der Waals surface area contributed by atoms with Gasteiger partial charge in [-0.15, -0.1) is 0 Å². The van der Waals surface area contributed by atoms with Crippen LogP contribution in [0.3, 0.4) is 0 Å². The van der Waals surface area contributed by atoms with E-state index in [1.54, 1.807) is 23.9 Å². The fourth-order valence-corrected chi connectivity index (χ4v) is 3.49. The second-order valence-electron chi connectivity index (χ2n) is 5.43. The molecule has 0 saturated carbocycles. The lowest BCUT2D eigenvalue weighted by atomic mass is 10.1. The van der Waals surface area contributed by atoms with Crippen LogP contribution >= 0.6 is 11.3 Å². The second kappa shape index (κ2) is 4.86. The number of aryl methyl sites for hydroxylation is 1. The summed E-state index contributed by atoms with van der Waals surface area (Å²) in [4.78, 5) is 14.5. The maximum atomic E-state index is 5.98. The van der Waals surface area contributed by atoms with Gasteiger partial charge in [-0.25, -0.2) is 15.0 Å². The van der Waals surface area contributed by atoms with Crippen LogP contribution in [0, 0.1) is 0 Å². The summed E-state index contributed by atoms with van der Waals surface area (Å²) >= 11 is 1.59. The predicted molar refractivity (Wildman–Crippen MR) is 89.7 cm³/mol. The summed E-state index contributed by atoms with van der Waals surface area (Å²) in [5, 5.41) is 0.957. The van der Waals surface area contributed by atoms with Crippen LogP contribution in [-0.2, 0) is 7.05 Å². The third-order valence-corrected chi connectivity index (χ3v) is 4.77. The van der Waals surface area contributed by atoms with E-state index in [0.717, 1.165) is 37.5 Å². The number of nitrogens with zero attached hydrogens (tertiary/aromatic N) is 4. The normalized spacial score (nSPS) is 13.0. The molecule has 5 nitrogen and oxygen atoms in total. The Balaban J connectivity index is 1.94. The lowest BCUT2D eigenvalue weighted by Crippen LogP contribution is -2.04. The Bertz CT molecular complexity index is 983. The van der Waals surface area contributed by atoms with Crippen molar-refractivity contribution in [3.63, 3.8) is 0 Å². The van der Waals surface area contributed by atoms with Crippen molar-refractivity contribution in [1.29, 1.82) is 0 Å². The van der Waals surface area contributed by atoms with Gasteiger partial charge in [0.05, 0.1) is 18.0 Å². The van der Waals surface area contributed by atoms with Crippen LogP contribution in [-0.4, -0.2) is 19.5 Å². The molecule has 0 aliphatic carbocycles. The average molecular weight is 309 g/mol. The number of aromatic nitrogens is 4. The Morgan fingerprint density at radius 3 is 2.95 bits per heavy atom. The van der Waals surface area contributed by atoms with Crippen molar-refractivity contribution in [2.45, 2.75) is 13.0 Å². The molecule has 0 aliphatic rings. The van der Waals surface area contributed by atoms with Crippen LogP contribution in [0.5, 0.6) is 0 Å². The monoisotopic (exact) mass is 309 g/mol. The molecular formula is C16H15N5S. The highest BCUT2D eigenvalue weighted by molar-refractivity contribution is 7.21. The summed E-state index contributed by atoms with van der Waals surface area (Å²) in [7, 11) is 1.98. The maximum Gasteiger partial charge on any atom is 0.146 e. The van der Waals surface area contributed by atoms with Gasteiger partial charge in [-0.05, 0) is 18.6 Å². The highest BCUT2D eigenvalue weighted by Crippen LogP contribution is 2.33. The van der Waals surface area contributed by atoms with Crippen LogP contribution in [0.15, 0.2) is 36.8 Å². The minimum absolute atomic E-state index is 0.0104. The van der Waals surface area contributed by atoms with E-state index in [1.807, 2.05) is 30.7 Å². The van der Waals surface area contributed by atoms with Crippen molar-refractivity contribution in [3.05, 3.63) is 42.4 Å². The highest BCUT2D eigenvalue weighted by Gasteiger charge is 2.13. The van der Waals surface area contributed by atoms with Crippen LogP contribution in [0.2, 0.25) is 0 Å². The molecular weight excluding hydrogens is 294 g/mol. The molecule has 110 valence electrons. The van der Waals surface area contributed by atoms with Crippen LogP contribution < -0.4 is 5.73 Å². The van der Waals surface area contributed by atoms with Gasteiger partial charge in [-0.2, -0.15) is 0 Å². The number of rotatable bonds is 2. The van der Waals surface area contributed by atoms with E-state index in [9.17, 15) is 0 Å². The molecule has 3 heterocycles. The first-order valence-electron chi connectivity index (χ1n) is 7.06. The lowest BCUT2D eigenvalue weighted by molar-refractivity contribution is 0.819. The van der Waals surface area contributed by atoms with E-state index in [-0.39, 0.29) is 6.04 Å². The number of fused-ring (bicyclic) bond motifs is 3. The average Bonchev–Trinajstić information content (AvgIpc) is 3.10. The number of imidazole rings is 1. The molecule has 0 unspecified atom stereocenters. The highest BCUT2D eigenvalue weighted by atomic mass is 32.1. The van der Waals surface area contributed by atoms with Gasteiger partial charge in [0.25, 0.3) is 0 Å². The molecule has 0 spiro atoms. The largest absolute Gasteiger partial charge is 0.332 e. The van der Waals surface area contributed by atoms with E-state index in [0.29, 0.717) is 0 Å². The van der Waals surface area contributed by atoms with Crippen molar-refractivity contribution >= 4 is 32.7 Å². The number of pyridine rings is 1. The molecule has 1 aromatic carbocycles. The van der Waals surface area contributed by atoms with Crippen molar-refractivity contribution in [2.75, 3.05) is 0 Å². The Labute approximate surface area is 131 Å². The van der Waals surface area contributed by atoms with E-state index >= 15 is 0 Å². The first-order valence-corrected chi connectivity index (χ1v) is 7.87. The van der Waals surface area contributed by atoms with Gasteiger partial charge in [0.1, 0.15) is 20.9 Å². The second-order valence-corrected chi connectivity index (χ2v) is 6.41. The van der Waals surface area contributed by atoms with Crippen LogP contribution in [0.25, 0.3) is 32.0 Å². The topological polar surface area (TPSA) is 69.6 Å². The molecule has 0 fully saturated rings. The summed E-state index contributed by atoms with van der Waals surface area (Å²) < 4.78 is 1.99.